The van der Waals surface area contributed by atoms with Crippen molar-refractivity contribution in [3.05, 3.63) is 46.9 Å². The number of fused-ring (bicyclic) bond motifs is 1. The summed E-state index contributed by atoms with van der Waals surface area (Å²) in [6, 6.07) is 6.36. The molecule has 0 bridgehead atoms. The first kappa shape index (κ1) is 17.5. The molecule has 0 saturated heterocycles. The van der Waals surface area contributed by atoms with E-state index in [0.717, 1.165) is 22.5 Å². The van der Waals surface area contributed by atoms with Crippen molar-refractivity contribution in [1.29, 1.82) is 0 Å². The fourth-order valence-electron chi connectivity index (χ4n) is 3.97. The molecule has 1 aliphatic rings. The van der Waals surface area contributed by atoms with Gasteiger partial charge in [0.15, 0.2) is 5.15 Å². The van der Waals surface area contributed by atoms with Crippen molar-refractivity contribution in [3.8, 4) is 11.4 Å². The van der Waals surface area contributed by atoms with Gasteiger partial charge in [0.25, 0.3) is 0 Å². The predicted molar refractivity (Wildman–Crippen MR) is 102 cm³/mol. The smallest absolute Gasteiger partial charge is 0.156 e. The van der Waals surface area contributed by atoms with Crippen molar-refractivity contribution in [2.45, 2.75) is 44.6 Å². The Balaban J connectivity index is 1.86. The number of nitrogens with one attached hydrogen (secondary N) is 1. The van der Waals surface area contributed by atoms with Crippen LogP contribution in [0.5, 0.6) is 0 Å². The highest BCUT2D eigenvalue weighted by Crippen LogP contribution is 2.42. The van der Waals surface area contributed by atoms with Crippen LogP contribution < -0.4 is 0 Å². The van der Waals surface area contributed by atoms with E-state index in [9.17, 15) is 0 Å². The summed E-state index contributed by atoms with van der Waals surface area (Å²) >= 11 is 6.37. The molecule has 1 N–H and O–H groups in total. The molecule has 0 spiro atoms. The Hall–Kier alpha value is -1.95. The second-order valence-electron chi connectivity index (χ2n) is 6.75. The standard InChI is InChI=1S/C20H22ClN3O2/c1-25-26-12-13-7-8-15-16(11-13)24-18(19-20(21)23-10-9-22-19)17(15)14-5-3-2-4-6-14/h7-11,14,24H,2-6,12H2,1H3. The molecule has 4 rings (SSSR count). The number of nitrogens with zero attached hydrogens (tertiary/aromatic N) is 2. The Labute approximate surface area is 157 Å². The van der Waals surface area contributed by atoms with Crippen LogP contribution in [0, 0.1) is 0 Å². The van der Waals surface area contributed by atoms with Gasteiger partial charge in [-0.05, 0) is 36.0 Å². The van der Waals surface area contributed by atoms with E-state index in [0.29, 0.717) is 17.7 Å². The van der Waals surface area contributed by atoms with Gasteiger partial charge in [0, 0.05) is 23.3 Å². The van der Waals surface area contributed by atoms with E-state index in [1.165, 1.54) is 50.2 Å². The Morgan fingerprint density at radius 1 is 1.15 bits per heavy atom. The summed E-state index contributed by atoms with van der Waals surface area (Å²) in [6.45, 7) is 0.408. The molecule has 3 aromatic rings. The molecule has 1 saturated carbocycles. The summed E-state index contributed by atoms with van der Waals surface area (Å²) in [5.41, 5.74) is 5.16. The number of benzene rings is 1. The van der Waals surface area contributed by atoms with Crippen LogP contribution in [0.3, 0.4) is 0 Å². The Bertz CT molecular complexity index is 903. The second-order valence-corrected chi connectivity index (χ2v) is 7.11. The summed E-state index contributed by atoms with van der Waals surface area (Å²) in [5.74, 6) is 0.520. The van der Waals surface area contributed by atoms with E-state index >= 15 is 0 Å². The molecule has 6 heteroatoms. The number of aromatic nitrogens is 3. The lowest BCUT2D eigenvalue weighted by molar-refractivity contribution is -0.282. The van der Waals surface area contributed by atoms with Gasteiger partial charge in [0.2, 0.25) is 0 Å². The highest BCUT2D eigenvalue weighted by Gasteiger charge is 2.25. The van der Waals surface area contributed by atoms with Gasteiger partial charge in [-0.3, -0.25) is 0 Å². The van der Waals surface area contributed by atoms with Gasteiger partial charge in [-0.1, -0.05) is 43.0 Å². The SMILES string of the molecule is COOCc1ccc2c(C3CCCCC3)c(-c3nccnc3Cl)[nH]c2c1. The predicted octanol–water partition coefficient (Wildman–Crippen LogP) is 5.40. The van der Waals surface area contributed by atoms with Crippen LogP contribution >= 0.6 is 11.6 Å². The highest BCUT2D eigenvalue weighted by atomic mass is 35.5. The van der Waals surface area contributed by atoms with Gasteiger partial charge in [-0.2, -0.15) is 0 Å². The molecule has 1 aliphatic carbocycles. The summed E-state index contributed by atoms with van der Waals surface area (Å²) < 4.78 is 0. The lowest BCUT2D eigenvalue weighted by Gasteiger charge is -2.22. The molecule has 0 aliphatic heterocycles. The van der Waals surface area contributed by atoms with Crippen molar-refractivity contribution >= 4 is 22.5 Å². The summed E-state index contributed by atoms with van der Waals surface area (Å²) in [4.78, 5) is 22.1. The zero-order valence-electron chi connectivity index (χ0n) is 14.8. The van der Waals surface area contributed by atoms with Gasteiger partial charge in [-0.15, -0.1) is 0 Å². The van der Waals surface area contributed by atoms with Crippen molar-refractivity contribution in [2.24, 2.45) is 0 Å². The van der Waals surface area contributed by atoms with Crippen LogP contribution in [0.1, 0.15) is 49.1 Å². The topological polar surface area (TPSA) is 60.0 Å². The van der Waals surface area contributed by atoms with Crippen molar-refractivity contribution in [2.75, 3.05) is 7.11 Å². The van der Waals surface area contributed by atoms with Crippen LogP contribution in [0.25, 0.3) is 22.3 Å². The number of hydrogen-bond acceptors (Lipinski definition) is 4. The van der Waals surface area contributed by atoms with Crippen molar-refractivity contribution < 1.29 is 9.78 Å². The molecular weight excluding hydrogens is 350 g/mol. The number of H-pyrrole nitrogens is 1. The van der Waals surface area contributed by atoms with Crippen LogP contribution in [0.4, 0.5) is 0 Å². The van der Waals surface area contributed by atoms with E-state index in [4.69, 9.17) is 21.4 Å². The molecule has 0 unspecified atom stereocenters. The van der Waals surface area contributed by atoms with Gasteiger partial charge >= 0.3 is 0 Å². The first-order valence-corrected chi connectivity index (χ1v) is 9.42. The summed E-state index contributed by atoms with van der Waals surface area (Å²) in [7, 11) is 1.52. The van der Waals surface area contributed by atoms with Gasteiger partial charge < -0.3 is 4.98 Å². The molecule has 1 aromatic carbocycles. The molecule has 1 fully saturated rings. The first-order chi connectivity index (χ1) is 12.8. The Kier molecular flexibility index (Phi) is 5.20. The minimum atomic E-state index is 0.408. The van der Waals surface area contributed by atoms with Crippen molar-refractivity contribution in [3.63, 3.8) is 0 Å². The maximum atomic E-state index is 6.37. The van der Waals surface area contributed by atoms with Crippen LogP contribution in [-0.2, 0) is 16.4 Å². The normalized spacial score (nSPS) is 15.6. The Morgan fingerprint density at radius 2 is 1.96 bits per heavy atom. The third kappa shape index (κ3) is 3.34. The highest BCUT2D eigenvalue weighted by molar-refractivity contribution is 6.31. The molecule has 136 valence electrons. The van der Waals surface area contributed by atoms with Gasteiger partial charge in [0.1, 0.15) is 12.3 Å². The molecule has 5 nitrogen and oxygen atoms in total. The molecule has 0 amide bonds. The summed E-state index contributed by atoms with van der Waals surface area (Å²) in [5, 5.41) is 1.66. The molecule has 0 atom stereocenters. The number of aromatic amines is 1. The monoisotopic (exact) mass is 371 g/mol. The number of halogens is 1. The Morgan fingerprint density at radius 3 is 2.73 bits per heavy atom. The maximum Gasteiger partial charge on any atom is 0.156 e. The third-order valence-corrected chi connectivity index (χ3v) is 5.43. The zero-order valence-corrected chi connectivity index (χ0v) is 15.6. The average molecular weight is 372 g/mol. The lowest BCUT2D eigenvalue weighted by atomic mass is 9.82. The van der Waals surface area contributed by atoms with E-state index in [-0.39, 0.29) is 0 Å². The quantitative estimate of drug-likeness (QED) is 0.481. The largest absolute Gasteiger partial charge is 0.353 e. The second kappa shape index (κ2) is 7.74. The molecular formula is C20H22ClN3O2. The van der Waals surface area contributed by atoms with Crippen LogP contribution in [0.2, 0.25) is 5.15 Å². The van der Waals surface area contributed by atoms with Gasteiger partial charge in [-0.25, -0.2) is 19.7 Å². The van der Waals surface area contributed by atoms with Crippen LogP contribution in [-0.4, -0.2) is 22.1 Å². The number of hydrogen-bond donors (Lipinski definition) is 1. The third-order valence-electron chi connectivity index (χ3n) is 5.15. The van der Waals surface area contributed by atoms with E-state index in [2.05, 4.69) is 33.2 Å². The average Bonchev–Trinajstić information content (AvgIpc) is 3.05. The van der Waals surface area contributed by atoms with Crippen molar-refractivity contribution in [1.82, 2.24) is 15.0 Å². The van der Waals surface area contributed by atoms with Crippen LogP contribution in [0.15, 0.2) is 30.6 Å². The van der Waals surface area contributed by atoms with Gasteiger partial charge in [0.05, 0.1) is 12.8 Å². The maximum absolute atomic E-state index is 6.37. The minimum Gasteiger partial charge on any atom is -0.353 e. The summed E-state index contributed by atoms with van der Waals surface area (Å²) in [6.07, 6.45) is 9.57. The molecule has 2 heterocycles. The zero-order chi connectivity index (χ0) is 17.9. The van der Waals surface area contributed by atoms with E-state index < -0.39 is 0 Å². The number of rotatable bonds is 5. The molecule has 0 radical (unpaired) electrons. The first-order valence-electron chi connectivity index (χ1n) is 9.05. The fourth-order valence-corrected chi connectivity index (χ4v) is 4.17. The lowest BCUT2D eigenvalue weighted by Crippen LogP contribution is -2.06. The van der Waals surface area contributed by atoms with E-state index in [1.807, 2.05) is 0 Å². The molecule has 2 aromatic heterocycles. The molecule has 26 heavy (non-hydrogen) atoms. The minimum absolute atomic E-state index is 0.408. The van der Waals surface area contributed by atoms with E-state index in [1.54, 1.807) is 12.4 Å². The fraction of sp³-hybridized carbons (Fsp3) is 0.400.